The van der Waals surface area contributed by atoms with E-state index in [1.54, 1.807) is 0 Å². The molecule has 8 nitrogen and oxygen atoms in total. The summed E-state index contributed by atoms with van der Waals surface area (Å²) in [5.74, 6) is 1.15. The highest BCUT2D eigenvalue weighted by atomic mass is 16.7. The molecular formula is C25H44BN3O5. The Hall–Kier alpha value is -1.32. The van der Waals surface area contributed by atoms with Crippen molar-refractivity contribution in [3.8, 4) is 0 Å². The van der Waals surface area contributed by atoms with Gasteiger partial charge in [0.15, 0.2) is 0 Å². The Morgan fingerprint density at radius 3 is 2.68 bits per heavy atom. The average molecular weight is 477 g/mol. The lowest BCUT2D eigenvalue weighted by molar-refractivity contribution is -0.185. The lowest BCUT2D eigenvalue weighted by atomic mass is 9.45. The van der Waals surface area contributed by atoms with Gasteiger partial charge in [-0.1, -0.05) is 13.8 Å². The molecule has 0 unspecified atom stereocenters. The number of ether oxygens (including phenoxy) is 1. The van der Waals surface area contributed by atoms with E-state index in [9.17, 15) is 9.59 Å². The molecule has 5 fully saturated rings. The van der Waals surface area contributed by atoms with Crippen LogP contribution in [0.2, 0.25) is 0 Å². The predicted octanol–water partition coefficient (Wildman–Crippen LogP) is 3.27. The van der Waals surface area contributed by atoms with Crippen LogP contribution < -0.4 is 11.1 Å². The van der Waals surface area contributed by atoms with Gasteiger partial charge in [0.25, 0.3) is 0 Å². The van der Waals surface area contributed by atoms with E-state index in [0.717, 1.165) is 32.1 Å². The molecule has 2 amide bonds. The van der Waals surface area contributed by atoms with E-state index in [1.165, 1.54) is 6.42 Å². The molecule has 0 aromatic rings. The van der Waals surface area contributed by atoms with E-state index in [2.05, 4.69) is 26.1 Å². The van der Waals surface area contributed by atoms with Gasteiger partial charge in [0.2, 0.25) is 5.91 Å². The van der Waals surface area contributed by atoms with Crippen molar-refractivity contribution in [1.82, 2.24) is 10.2 Å². The van der Waals surface area contributed by atoms with Crippen molar-refractivity contribution < 1.29 is 23.6 Å². The Bertz CT molecular complexity index is 787. The minimum Gasteiger partial charge on any atom is -0.444 e. The van der Waals surface area contributed by atoms with Crippen LogP contribution in [0.5, 0.6) is 0 Å². The summed E-state index contributed by atoms with van der Waals surface area (Å²) in [7, 11) is -0.359. The smallest absolute Gasteiger partial charge is 0.444 e. The van der Waals surface area contributed by atoms with E-state index in [0.29, 0.717) is 36.8 Å². The second-order valence-corrected chi connectivity index (χ2v) is 12.7. The number of nitrogens with one attached hydrogen (secondary N) is 1. The van der Waals surface area contributed by atoms with Gasteiger partial charge in [0.05, 0.1) is 23.7 Å². The van der Waals surface area contributed by atoms with E-state index in [1.807, 2.05) is 25.7 Å². The van der Waals surface area contributed by atoms with Crippen molar-refractivity contribution in [2.75, 3.05) is 13.1 Å². The molecule has 2 saturated heterocycles. The van der Waals surface area contributed by atoms with E-state index in [4.69, 9.17) is 19.8 Å². The number of amides is 2. The Morgan fingerprint density at radius 2 is 2.00 bits per heavy atom. The van der Waals surface area contributed by atoms with Crippen LogP contribution in [-0.4, -0.2) is 66.4 Å². The molecule has 5 aliphatic rings. The zero-order valence-electron chi connectivity index (χ0n) is 21.9. The first-order valence-electron chi connectivity index (χ1n) is 13.2. The van der Waals surface area contributed by atoms with Crippen molar-refractivity contribution >= 4 is 19.1 Å². The summed E-state index contributed by atoms with van der Waals surface area (Å²) in [5, 5.41) is 2.75. The molecule has 3 N–H and O–H groups in total. The number of rotatable bonds is 7. The summed E-state index contributed by atoms with van der Waals surface area (Å²) < 4.78 is 18.3. The van der Waals surface area contributed by atoms with Crippen LogP contribution >= 0.6 is 0 Å². The highest BCUT2D eigenvalue weighted by molar-refractivity contribution is 6.48. The fraction of sp³-hybridized carbons (Fsp3) is 0.920. The number of carbonyl (C=O) groups excluding carboxylic acids is 2. The number of carbonyl (C=O) groups is 2. The maximum absolute atomic E-state index is 13.2. The van der Waals surface area contributed by atoms with Gasteiger partial charge in [-0.3, -0.25) is 4.79 Å². The number of alkyl carbamates (subject to hydrolysis) is 1. The Kier molecular flexibility index (Phi) is 7.04. The topological polar surface area (TPSA) is 103 Å². The fourth-order valence-electron chi connectivity index (χ4n) is 6.59. The molecule has 192 valence electrons. The summed E-state index contributed by atoms with van der Waals surface area (Å²) in [5.41, 5.74) is 5.87. The summed E-state index contributed by atoms with van der Waals surface area (Å²) in [6.07, 6.45) is 5.89. The van der Waals surface area contributed by atoms with Gasteiger partial charge in [-0.25, -0.2) is 4.79 Å². The highest BCUT2D eigenvalue weighted by Crippen LogP contribution is 2.64. The van der Waals surface area contributed by atoms with Gasteiger partial charge in [0, 0.05) is 13.1 Å². The molecule has 34 heavy (non-hydrogen) atoms. The van der Waals surface area contributed by atoms with Crippen molar-refractivity contribution in [1.29, 1.82) is 0 Å². The van der Waals surface area contributed by atoms with Crippen LogP contribution in [0.15, 0.2) is 0 Å². The lowest BCUT2D eigenvalue weighted by Gasteiger charge is -2.63. The van der Waals surface area contributed by atoms with Gasteiger partial charge in [-0.15, -0.1) is 0 Å². The van der Waals surface area contributed by atoms with Crippen LogP contribution in [0.4, 0.5) is 4.79 Å². The zero-order valence-corrected chi connectivity index (χ0v) is 21.9. The van der Waals surface area contributed by atoms with Crippen molar-refractivity contribution in [2.24, 2.45) is 23.0 Å². The van der Waals surface area contributed by atoms with Gasteiger partial charge in [-0.2, -0.15) is 0 Å². The Morgan fingerprint density at radius 1 is 1.26 bits per heavy atom. The normalized spacial score (nSPS) is 34.9. The van der Waals surface area contributed by atoms with Crippen LogP contribution in [0.1, 0.15) is 86.5 Å². The minimum absolute atomic E-state index is 0.0144. The maximum atomic E-state index is 13.2. The van der Waals surface area contributed by atoms with Crippen LogP contribution in [0.3, 0.4) is 0 Å². The molecule has 0 aromatic heterocycles. The third-order valence-electron chi connectivity index (χ3n) is 8.66. The molecule has 2 bridgehead atoms. The molecule has 0 aromatic carbocycles. The molecule has 2 aliphatic heterocycles. The highest BCUT2D eigenvalue weighted by Gasteiger charge is 2.67. The monoisotopic (exact) mass is 477 g/mol. The van der Waals surface area contributed by atoms with Crippen molar-refractivity contribution in [3.05, 3.63) is 0 Å². The van der Waals surface area contributed by atoms with Crippen molar-refractivity contribution in [3.63, 3.8) is 0 Å². The summed E-state index contributed by atoms with van der Waals surface area (Å²) in [6.45, 7) is 13.6. The van der Waals surface area contributed by atoms with E-state index < -0.39 is 17.7 Å². The van der Waals surface area contributed by atoms with E-state index in [-0.39, 0.29) is 30.7 Å². The third-order valence-corrected chi connectivity index (χ3v) is 8.66. The first kappa shape index (κ1) is 25.8. The quantitative estimate of drug-likeness (QED) is 0.431. The number of nitrogens with zero attached hydrogens (tertiary/aromatic N) is 1. The largest absolute Gasteiger partial charge is 0.481 e. The van der Waals surface area contributed by atoms with Crippen LogP contribution in [-0.2, 0) is 18.8 Å². The van der Waals surface area contributed by atoms with E-state index >= 15 is 0 Å². The second-order valence-electron chi connectivity index (χ2n) is 12.7. The zero-order chi connectivity index (χ0) is 24.9. The second kappa shape index (κ2) is 9.28. The number of hydrogen-bond acceptors (Lipinski definition) is 6. The van der Waals surface area contributed by atoms with Gasteiger partial charge in [-0.05, 0) is 89.9 Å². The summed E-state index contributed by atoms with van der Waals surface area (Å²) in [6, 6.07) is -0.548. The maximum Gasteiger partial charge on any atom is 0.481 e. The fourth-order valence-corrected chi connectivity index (χ4v) is 6.59. The number of nitrogens with two attached hydrogens (primary N) is 1. The summed E-state index contributed by atoms with van der Waals surface area (Å²) in [4.78, 5) is 26.9. The standard InChI is InChI=1S/C25H44BN3O5/c1-23(2,3)32-22(31)28-12-8-7-10-18(27)21(30)29-13-9-11-19(29)26-33-20-17-14-16(24(17,4)5)15-25(20,6)34-26/h16-20H,7-15,27H2,1-6H3,(H,28,31)/t16-,17+,18+,19+,20-,25+/m1/s1. The number of unbranched alkanes of at least 4 members (excludes halogenated alkanes) is 1. The minimum atomic E-state index is -0.548. The molecule has 2 heterocycles. The Balaban J connectivity index is 1.24. The van der Waals surface area contributed by atoms with Crippen LogP contribution in [0.25, 0.3) is 0 Å². The first-order chi connectivity index (χ1) is 15.8. The molecule has 0 radical (unpaired) electrons. The molecular weight excluding hydrogens is 433 g/mol. The van der Waals surface area contributed by atoms with Gasteiger partial charge in [0.1, 0.15) is 5.60 Å². The lowest BCUT2D eigenvalue weighted by Crippen LogP contribution is -2.63. The molecule has 6 atom stereocenters. The number of hydrogen-bond donors (Lipinski definition) is 2. The molecule has 3 saturated carbocycles. The van der Waals surface area contributed by atoms with Crippen LogP contribution in [0, 0.1) is 17.3 Å². The number of likely N-dealkylation sites (tertiary alicyclic amines) is 1. The SMILES string of the molecule is CC(C)(C)OC(=O)NCCCC[C@H](N)C(=O)N1CCC[C@H]1B1O[C@@H]2[C@@H]3C[C@H](C[C@]2(C)O1)C3(C)C. The molecule has 0 spiro atoms. The Labute approximate surface area is 205 Å². The van der Waals surface area contributed by atoms with Crippen molar-refractivity contribution in [2.45, 2.75) is 116 Å². The first-order valence-corrected chi connectivity index (χ1v) is 13.2. The molecule has 5 rings (SSSR count). The van der Waals surface area contributed by atoms with Gasteiger partial charge >= 0.3 is 13.2 Å². The summed E-state index contributed by atoms with van der Waals surface area (Å²) >= 11 is 0. The average Bonchev–Trinajstić information content (AvgIpc) is 3.34. The van der Waals surface area contributed by atoms with Gasteiger partial charge < -0.3 is 30.0 Å². The molecule has 3 aliphatic carbocycles. The molecule has 9 heteroatoms. The third kappa shape index (κ3) is 4.98. The predicted molar refractivity (Wildman–Crippen MR) is 131 cm³/mol.